The topological polar surface area (TPSA) is 85.5 Å². The zero-order chi connectivity index (χ0) is 23.1. The van der Waals surface area contributed by atoms with Crippen molar-refractivity contribution in [3.63, 3.8) is 0 Å². The number of nitrogens with zero attached hydrogens (tertiary/aromatic N) is 1. The zero-order valence-corrected chi connectivity index (χ0v) is 20.2. The number of methoxy groups -OCH3 is 1. The Hall–Kier alpha value is -3.00. The molecule has 0 radical (unpaired) electrons. The van der Waals surface area contributed by atoms with E-state index in [1.54, 1.807) is 7.11 Å². The number of hydrogen-bond acceptors (Lipinski definition) is 6. The molecular weight excluding hydrogens is 474 g/mol. The van der Waals surface area contributed by atoms with Crippen LogP contribution in [0.1, 0.15) is 38.0 Å². The van der Waals surface area contributed by atoms with Crippen molar-refractivity contribution in [1.29, 1.82) is 0 Å². The second kappa shape index (κ2) is 11.0. The lowest BCUT2D eigenvalue weighted by Gasteiger charge is -2.18. The second-order valence-corrected chi connectivity index (χ2v) is 8.55. The van der Waals surface area contributed by atoms with Gasteiger partial charge in [0.1, 0.15) is 16.3 Å². The molecule has 2 N–H and O–H groups in total. The highest BCUT2D eigenvalue weighted by Crippen LogP contribution is 2.32. The monoisotopic (exact) mass is 501 g/mol. The van der Waals surface area contributed by atoms with Crippen LogP contribution in [0.3, 0.4) is 0 Å². The summed E-state index contributed by atoms with van der Waals surface area (Å²) in [6.07, 6.45) is -0.251. The summed E-state index contributed by atoms with van der Waals surface area (Å²) in [6, 6.07) is 15.5. The van der Waals surface area contributed by atoms with Crippen LogP contribution >= 0.6 is 15.9 Å². The fraction of sp³-hybridized carbons (Fsp3) is 0.333. The molecule has 32 heavy (non-hydrogen) atoms. The fourth-order valence-electron chi connectivity index (χ4n) is 3.00. The molecular formula is C24H28BrN3O4. The first-order valence-electron chi connectivity index (χ1n) is 10.4. The van der Waals surface area contributed by atoms with E-state index in [4.69, 9.17) is 14.2 Å². The number of H-pyrrole nitrogens is 1. The first kappa shape index (κ1) is 23.7. The molecule has 0 amide bonds. The third-order valence-electron chi connectivity index (χ3n) is 4.72. The molecule has 0 aliphatic carbocycles. The van der Waals surface area contributed by atoms with Crippen molar-refractivity contribution >= 4 is 21.6 Å². The molecule has 1 aromatic heterocycles. The molecule has 0 spiro atoms. The van der Waals surface area contributed by atoms with Crippen molar-refractivity contribution in [1.82, 2.24) is 10.2 Å². The minimum atomic E-state index is -0.345. The van der Waals surface area contributed by atoms with E-state index in [1.807, 2.05) is 55.5 Å². The average Bonchev–Trinajstić information content (AvgIpc) is 2.80. The summed E-state index contributed by atoms with van der Waals surface area (Å²) in [5.41, 5.74) is 2.10. The lowest BCUT2D eigenvalue weighted by Crippen LogP contribution is -2.16. The maximum atomic E-state index is 12.1. The highest BCUT2D eigenvalue weighted by Gasteiger charge is 2.17. The highest BCUT2D eigenvalue weighted by molar-refractivity contribution is 9.10. The van der Waals surface area contributed by atoms with E-state index < -0.39 is 0 Å². The number of aromatic amines is 1. The van der Waals surface area contributed by atoms with Crippen molar-refractivity contribution in [2.24, 2.45) is 5.92 Å². The van der Waals surface area contributed by atoms with Gasteiger partial charge in [0.15, 0.2) is 11.5 Å². The number of hydrogen-bond donors (Lipinski definition) is 2. The van der Waals surface area contributed by atoms with Crippen LogP contribution in [-0.4, -0.2) is 23.9 Å². The van der Waals surface area contributed by atoms with Crippen molar-refractivity contribution in [2.75, 3.05) is 19.0 Å². The van der Waals surface area contributed by atoms with E-state index in [0.29, 0.717) is 46.6 Å². The van der Waals surface area contributed by atoms with Crippen molar-refractivity contribution in [3.8, 4) is 17.4 Å². The maximum Gasteiger partial charge on any atom is 0.280 e. The number of ether oxygens (including phenoxy) is 3. The van der Waals surface area contributed by atoms with Crippen LogP contribution in [0.25, 0.3) is 0 Å². The van der Waals surface area contributed by atoms with Gasteiger partial charge in [-0.2, -0.15) is 0 Å². The van der Waals surface area contributed by atoms with Crippen LogP contribution in [-0.2, 0) is 6.54 Å². The first-order chi connectivity index (χ1) is 15.4. The summed E-state index contributed by atoms with van der Waals surface area (Å²) in [4.78, 5) is 12.1. The number of anilines is 1. The summed E-state index contributed by atoms with van der Waals surface area (Å²) in [6.45, 7) is 7.14. The molecule has 8 heteroatoms. The highest BCUT2D eigenvalue weighted by atomic mass is 79.9. The Morgan fingerprint density at radius 3 is 2.53 bits per heavy atom. The van der Waals surface area contributed by atoms with Crippen LogP contribution in [0.5, 0.6) is 17.4 Å². The summed E-state index contributed by atoms with van der Waals surface area (Å²) >= 11 is 3.36. The normalized spacial score (nSPS) is 11.8. The quantitative estimate of drug-likeness (QED) is 0.390. The first-order valence-corrected chi connectivity index (χ1v) is 11.2. The Balaban J connectivity index is 1.80. The molecule has 0 aliphatic rings. The predicted octanol–water partition coefficient (Wildman–Crippen LogP) is 5.33. The van der Waals surface area contributed by atoms with E-state index in [9.17, 15) is 4.79 Å². The Kier molecular flexibility index (Phi) is 8.16. The number of aromatic nitrogens is 2. The van der Waals surface area contributed by atoms with Gasteiger partial charge in [-0.3, -0.25) is 4.79 Å². The molecule has 3 aromatic rings. The number of halogens is 1. The van der Waals surface area contributed by atoms with Crippen LogP contribution in [0, 0.1) is 5.92 Å². The van der Waals surface area contributed by atoms with Crippen molar-refractivity contribution < 1.29 is 14.2 Å². The standard InChI is InChI=1S/C24H28BrN3O4/c1-15(2)14-31-20-12-17(10-11-19(20)30-4)13-26-22-21(25)23(29)27-28-24(22)32-16(3)18-8-6-5-7-9-18/h5-12,15-16H,13-14H2,1-4H3,(H2,26,27,29). The van der Waals surface area contributed by atoms with Gasteiger partial charge in [0, 0.05) is 6.54 Å². The van der Waals surface area contributed by atoms with Gasteiger partial charge in [0.05, 0.1) is 13.7 Å². The zero-order valence-electron chi connectivity index (χ0n) is 18.6. The van der Waals surface area contributed by atoms with Gasteiger partial charge in [-0.1, -0.05) is 50.2 Å². The van der Waals surface area contributed by atoms with E-state index in [-0.39, 0.29) is 11.7 Å². The number of benzene rings is 2. The molecule has 0 fully saturated rings. The molecule has 7 nitrogen and oxygen atoms in total. The summed E-state index contributed by atoms with van der Waals surface area (Å²) in [5.74, 6) is 2.05. The third kappa shape index (κ3) is 6.03. The van der Waals surface area contributed by atoms with Crippen LogP contribution < -0.4 is 25.1 Å². The third-order valence-corrected chi connectivity index (χ3v) is 5.48. The van der Waals surface area contributed by atoms with E-state index in [2.05, 4.69) is 45.3 Å². The minimum Gasteiger partial charge on any atom is -0.493 e. The van der Waals surface area contributed by atoms with Gasteiger partial charge < -0.3 is 19.5 Å². The largest absolute Gasteiger partial charge is 0.493 e. The Bertz CT molecular complexity index is 1090. The van der Waals surface area contributed by atoms with Crippen LogP contribution in [0.4, 0.5) is 5.69 Å². The average molecular weight is 502 g/mol. The minimum absolute atomic E-state index is 0.251. The molecule has 3 rings (SSSR count). The molecule has 170 valence electrons. The van der Waals surface area contributed by atoms with Gasteiger partial charge in [-0.05, 0) is 52.0 Å². The van der Waals surface area contributed by atoms with Gasteiger partial charge in [-0.15, -0.1) is 5.10 Å². The maximum absolute atomic E-state index is 12.1. The second-order valence-electron chi connectivity index (χ2n) is 7.76. The Morgan fingerprint density at radius 2 is 1.84 bits per heavy atom. The van der Waals surface area contributed by atoms with Gasteiger partial charge >= 0.3 is 0 Å². The fourth-order valence-corrected chi connectivity index (χ4v) is 3.40. The van der Waals surface area contributed by atoms with Crippen LogP contribution in [0.15, 0.2) is 57.8 Å². The SMILES string of the molecule is COc1ccc(CNc2c(OC(C)c3ccccc3)n[nH]c(=O)c2Br)cc1OCC(C)C. The molecule has 0 saturated carbocycles. The predicted molar refractivity (Wildman–Crippen MR) is 129 cm³/mol. The summed E-state index contributed by atoms with van der Waals surface area (Å²) < 4.78 is 17.7. The lowest BCUT2D eigenvalue weighted by molar-refractivity contribution is 0.216. The number of nitrogens with one attached hydrogen (secondary N) is 2. The molecule has 0 saturated heterocycles. The van der Waals surface area contributed by atoms with E-state index in [1.165, 1.54) is 0 Å². The number of rotatable bonds is 10. The van der Waals surface area contributed by atoms with Gasteiger partial charge in [0.25, 0.3) is 11.4 Å². The van der Waals surface area contributed by atoms with Gasteiger partial charge in [0.2, 0.25) is 0 Å². The molecule has 0 aliphatic heterocycles. The van der Waals surface area contributed by atoms with Gasteiger partial charge in [-0.25, -0.2) is 5.10 Å². The van der Waals surface area contributed by atoms with E-state index >= 15 is 0 Å². The summed E-state index contributed by atoms with van der Waals surface area (Å²) in [5, 5.41) is 9.85. The lowest BCUT2D eigenvalue weighted by atomic mass is 10.1. The Morgan fingerprint density at radius 1 is 1.09 bits per heavy atom. The molecule has 0 bridgehead atoms. The molecule has 2 aromatic carbocycles. The van der Waals surface area contributed by atoms with Crippen molar-refractivity contribution in [2.45, 2.75) is 33.4 Å². The van der Waals surface area contributed by atoms with Crippen molar-refractivity contribution in [3.05, 3.63) is 74.5 Å². The summed E-state index contributed by atoms with van der Waals surface area (Å²) in [7, 11) is 1.62. The van der Waals surface area contributed by atoms with Crippen LogP contribution in [0.2, 0.25) is 0 Å². The Labute approximate surface area is 196 Å². The molecule has 1 heterocycles. The molecule has 1 unspecified atom stereocenters. The van der Waals surface area contributed by atoms with E-state index in [0.717, 1.165) is 11.1 Å². The smallest absolute Gasteiger partial charge is 0.280 e. The molecule has 1 atom stereocenters.